The van der Waals surface area contributed by atoms with E-state index in [0.717, 1.165) is 22.3 Å². The van der Waals surface area contributed by atoms with Gasteiger partial charge >= 0.3 is 6.61 Å². The number of halogens is 2. The zero-order valence-electron chi connectivity index (χ0n) is 11.2. The molecule has 0 unspecified atom stereocenters. The number of nitrogens with zero attached hydrogens (tertiary/aromatic N) is 1. The molecule has 0 aliphatic rings. The number of aryl methyl sites for hydroxylation is 2. The lowest BCUT2D eigenvalue weighted by molar-refractivity contribution is -0.0500. The van der Waals surface area contributed by atoms with Crippen molar-refractivity contribution >= 4 is 0 Å². The maximum absolute atomic E-state index is 12.4. The van der Waals surface area contributed by atoms with Crippen LogP contribution in [-0.4, -0.2) is 6.61 Å². The fourth-order valence-corrected chi connectivity index (χ4v) is 2.11. The molecule has 2 aromatic carbocycles. The predicted molar refractivity (Wildman–Crippen MR) is 72.7 cm³/mol. The van der Waals surface area contributed by atoms with Crippen molar-refractivity contribution < 1.29 is 13.5 Å². The van der Waals surface area contributed by atoms with Crippen molar-refractivity contribution in [2.75, 3.05) is 0 Å². The molecule has 0 bridgehead atoms. The standard InChI is InChI=1S/C16H13F2NO/c1-10-3-6-14(11(2)7-10)12-4-5-13(9-19)15(8-12)20-16(17)18/h3-8,16H,1-2H3. The van der Waals surface area contributed by atoms with E-state index < -0.39 is 6.61 Å². The molecule has 0 spiro atoms. The molecule has 0 radical (unpaired) electrons. The third kappa shape index (κ3) is 2.94. The van der Waals surface area contributed by atoms with Crippen LogP contribution in [0.5, 0.6) is 5.75 Å². The molecule has 0 heterocycles. The van der Waals surface area contributed by atoms with Crippen LogP contribution in [0.3, 0.4) is 0 Å². The molecule has 102 valence electrons. The summed E-state index contributed by atoms with van der Waals surface area (Å²) in [6.07, 6.45) is 0. The lowest BCUT2D eigenvalue weighted by Crippen LogP contribution is -2.03. The van der Waals surface area contributed by atoms with Gasteiger partial charge in [-0.1, -0.05) is 29.8 Å². The average Bonchev–Trinajstić information content (AvgIpc) is 2.38. The van der Waals surface area contributed by atoms with Crippen molar-refractivity contribution in [3.05, 3.63) is 53.1 Å². The summed E-state index contributed by atoms with van der Waals surface area (Å²) in [6.45, 7) is 0.992. The van der Waals surface area contributed by atoms with Gasteiger partial charge in [-0.15, -0.1) is 0 Å². The predicted octanol–water partition coefficient (Wildman–Crippen LogP) is 4.44. The monoisotopic (exact) mass is 273 g/mol. The second-order valence-corrected chi connectivity index (χ2v) is 4.52. The van der Waals surface area contributed by atoms with E-state index in [0.29, 0.717) is 0 Å². The first-order valence-electron chi connectivity index (χ1n) is 6.08. The SMILES string of the molecule is Cc1ccc(-c2ccc(C#N)c(OC(F)F)c2)c(C)c1. The molecule has 2 nitrogen and oxygen atoms in total. The van der Waals surface area contributed by atoms with E-state index in [1.807, 2.05) is 38.1 Å². The Morgan fingerprint density at radius 2 is 1.85 bits per heavy atom. The Morgan fingerprint density at radius 3 is 2.45 bits per heavy atom. The zero-order valence-corrected chi connectivity index (χ0v) is 11.2. The van der Waals surface area contributed by atoms with E-state index in [1.54, 1.807) is 6.07 Å². The maximum atomic E-state index is 12.4. The van der Waals surface area contributed by atoms with E-state index in [1.165, 1.54) is 12.1 Å². The van der Waals surface area contributed by atoms with Crippen molar-refractivity contribution in [3.8, 4) is 22.9 Å². The van der Waals surface area contributed by atoms with Crippen LogP contribution in [0.15, 0.2) is 36.4 Å². The molecule has 0 aliphatic heterocycles. The molecule has 0 amide bonds. The topological polar surface area (TPSA) is 33.0 Å². The van der Waals surface area contributed by atoms with Crippen LogP contribution in [0.25, 0.3) is 11.1 Å². The smallest absolute Gasteiger partial charge is 0.387 e. The van der Waals surface area contributed by atoms with Gasteiger partial charge in [0, 0.05) is 0 Å². The van der Waals surface area contributed by atoms with Gasteiger partial charge in [-0.25, -0.2) is 0 Å². The number of benzene rings is 2. The highest BCUT2D eigenvalue weighted by atomic mass is 19.3. The molecule has 0 aromatic heterocycles. The third-order valence-electron chi connectivity index (χ3n) is 3.01. The molecule has 0 N–H and O–H groups in total. The minimum absolute atomic E-state index is 0.0961. The fraction of sp³-hybridized carbons (Fsp3) is 0.188. The van der Waals surface area contributed by atoms with Crippen LogP contribution >= 0.6 is 0 Å². The highest BCUT2D eigenvalue weighted by Crippen LogP contribution is 2.30. The van der Waals surface area contributed by atoms with Crippen molar-refractivity contribution in [2.45, 2.75) is 20.5 Å². The first kappa shape index (κ1) is 14.0. The molecule has 4 heteroatoms. The fourth-order valence-electron chi connectivity index (χ4n) is 2.11. The Kier molecular flexibility index (Phi) is 3.99. The number of alkyl halides is 2. The van der Waals surface area contributed by atoms with Gasteiger partial charge in [0.2, 0.25) is 0 Å². The number of nitriles is 1. The van der Waals surface area contributed by atoms with Crippen LogP contribution in [0.1, 0.15) is 16.7 Å². The van der Waals surface area contributed by atoms with Gasteiger partial charge in [-0.3, -0.25) is 0 Å². The first-order chi connectivity index (χ1) is 9.51. The van der Waals surface area contributed by atoms with Crippen molar-refractivity contribution in [1.29, 1.82) is 5.26 Å². The van der Waals surface area contributed by atoms with E-state index >= 15 is 0 Å². The highest BCUT2D eigenvalue weighted by molar-refractivity contribution is 5.70. The van der Waals surface area contributed by atoms with Gasteiger partial charge in [-0.05, 0) is 42.7 Å². The number of rotatable bonds is 3. The Hall–Kier alpha value is -2.41. The van der Waals surface area contributed by atoms with E-state index in [2.05, 4.69) is 4.74 Å². The largest absolute Gasteiger partial charge is 0.433 e. The van der Waals surface area contributed by atoms with E-state index in [9.17, 15) is 8.78 Å². The van der Waals surface area contributed by atoms with Gasteiger partial charge in [0.15, 0.2) is 0 Å². The molecule has 0 aliphatic carbocycles. The first-order valence-corrected chi connectivity index (χ1v) is 6.08. The molecule has 0 atom stereocenters. The number of hydrogen-bond donors (Lipinski definition) is 0. The third-order valence-corrected chi connectivity index (χ3v) is 3.01. The normalized spacial score (nSPS) is 10.4. The van der Waals surface area contributed by atoms with Crippen LogP contribution in [0.2, 0.25) is 0 Å². The van der Waals surface area contributed by atoms with Crippen molar-refractivity contribution in [2.24, 2.45) is 0 Å². The Balaban J connectivity index is 2.50. The van der Waals surface area contributed by atoms with Gasteiger partial charge in [-0.2, -0.15) is 14.0 Å². The Morgan fingerprint density at radius 1 is 1.10 bits per heavy atom. The minimum atomic E-state index is -2.95. The van der Waals surface area contributed by atoms with E-state index in [4.69, 9.17) is 5.26 Å². The summed E-state index contributed by atoms with van der Waals surface area (Å²) in [4.78, 5) is 0. The van der Waals surface area contributed by atoms with Crippen LogP contribution in [0, 0.1) is 25.2 Å². The molecule has 0 saturated carbocycles. The molecule has 20 heavy (non-hydrogen) atoms. The van der Waals surface area contributed by atoms with Gasteiger partial charge in [0.25, 0.3) is 0 Å². The summed E-state index contributed by atoms with van der Waals surface area (Å²) in [5, 5.41) is 8.91. The summed E-state index contributed by atoms with van der Waals surface area (Å²) < 4.78 is 29.1. The van der Waals surface area contributed by atoms with Crippen LogP contribution < -0.4 is 4.74 Å². The van der Waals surface area contributed by atoms with Crippen molar-refractivity contribution in [1.82, 2.24) is 0 Å². The molecule has 2 aromatic rings. The van der Waals surface area contributed by atoms with Gasteiger partial charge in [0.1, 0.15) is 11.8 Å². The van der Waals surface area contributed by atoms with Crippen molar-refractivity contribution in [3.63, 3.8) is 0 Å². The maximum Gasteiger partial charge on any atom is 0.387 e. The molecule has 0 saturated heterocycles. The summed E-state index contributed by atoms with van der Waals surface area (Å²) >= 11 is 0. The average molecular weight is 273 g/mol. The minimum Gasteiger partial charge on any atom is -0.433 e. The van der Waals surface area contributed by atoms with Crippen LogP contribution in [-0.2, 0) is 0 Å². The quantitative estimate of drug-likeness (QED) is 0.828. The lowest BCUT2D eigenvalue weighted by atomic mass is 9.97. The Bertz CT molecular complexity index is 675. The van der Waals surface area contributed by atoms with Gasteiger partial charge in [0.05, 0.1) is 5.56 Å². The number of ether oxygens (including phenoxy) is 1. The van der Waals surface area contributed by atoms with Crippen LogP contribution in [0.4, 0.5) is 8.78 Å². The zero-order chi connectivity index (χ0) is 14.7. The molecule has 0 fully saturated rings. The molecular weight excluding hydrogens is 260 g/mol. The van der Waals surface area contributed by atoms with Gasteiger partial charge < -0.3 is 4.74 Å². The second kappa shape index (κ2) is 5.70. The van der Waals surface area contributed by atoms with E-state index in [-0.39, 0.29) is 11.3 Å². The Labute approximate surface area is 116 Å². The second-order valence-electron chi connectivity index (χ2n) is 4.52. The lowest BCUT2D eigenvalue weighted by Gasteiger charge is -2.11. The summed E-state index contributed by atoms with van der Waals surface area (Å²) in [6, 6.07) is 12.4. The number of hydrogen-bond acceptors (Lipinski definition) is 2. The summed E-state index contributed by atoms with van der Waals surface area (Å²) in [7, 11) is 0. The molecule has 2 rings (SSSR count). The highest BCUT2D eigenvalue weighted by Gasteiger charge is 2.12. The summed E-state index contributed by atoms with van der Waals surface area (Å²) in [5.74, 6) is -0.0972. The summed E-state index contributed by atoms with van der Waals surface area (Å²) in [5.41, 5.74) is 3.94. The molecular formula is C16H13F2NO.